The number of hydrogen-bond acceptors (Lipinski definition) is 5. The fourth-order valence-corrected chi connectivity index (χ4v) is 2.90. The van der Waals surface area contributed by atoms with Gasteiger partial charge in [-0.25, -0.2) is 4.98 Å². The van der Waals surface area contributed by atoms with Crippen molar-refractivity contribution in [1.29, 1.82) is 0 Å². The van der Waals surface area contributed by atoms with Gasteiger partial charge in [-0.2, -0.15) is 0 Å². The van der Waals surface area contributed by atoms with Gasteiger partial charge in [0, 0.05) is 10.9 Å². The molecule has 128 valence electrons. The summed E-state index contributed by atoms with van der Waals surface area (Å²) in [6.45, 7) is 1.94. The molecule has 0 saturated heterocycles. The van der Waals surface area contributed by atoms with Gasteiger partial charge in [0.25, 0.3) is 5.91 Å². The number of hydrogen-bond donors (Lipinski definition) is 1. The molecular weight excluding hydrogens is 336 g/mol. The van der Waals surface area contributed by atoms with Crippen LogP contribution in [0.4, 0.5) is 5.13 Å². The lowest BCUT2D eigenvalue weighted by Crippen LogP contribution is -2.20. The molecule has 0 radical (unpaired) electrons. The van der Waals surface area contributed by atoms with Crippen LogP contribution in [0, 0.1) is 6.92 Å². The van der Waals surface area contributed by atoms with Crippen molar-refractivity contribution in [2.24, 2.45) is 0 Å². The fourth-order valence-electron chi connectivity index (χ4n) is 2.16. The van der Waals surface area contributed by atoms with E-state index in [-0.39, 0.29) is 12.5 Å². The summed E-state index contributed by atoms with van der Waals surface area (Å²) >= 11 is 1.38. The van der Waals surface area contributed by atoms with Gasteiger partial charge >= 0.3 is 0 Å². The van der Waals surface area contributed by atoms with Crippen molar-refractivity contribution in [1.82, 2.24) is 4.98 Å². The molecule has 0 atom stereocenters. The summed E-state index contributed by atoms with van der Waals surface area (Å²) in [4.78, 5) is 16.4. The summed E-state index contributed by atoms with van der Waals surface area (Å²) in [5.74, 6) is 1.22. The Balaban J connectivity index is 1.56. The molecule has 1 N–H and O–H groups in total. The molecule has 0 fully saturated rings. The van der Waals surface area contributed by atoms with Crippen molar-refractivity contribution >= 4 is 22.4 Å². The summed E-state index contributed by atoms with van der Waals surface area (Å²) in [7, 11) is 1.63. The second-order valence-corrected chi connectivity index (χ2v) is 6.27. The molecule has 2 aromatic carbocycles. The van der Waals surface area contributed by atoms with Gasteiger partial charge in [0.05, 0.1) is 12.8 Å². The van der Waals surface area contributed by atoms with Crippen LogP contribution in [0.5, 0.6) is 11.5 Å². The first-order valence-electron chi connectivity index (χ1n) is 7.73. The molecule has 3 rings (SSSR count). The lowest BCUT2D eigenvalue weighted by Gasteiger charge is -2.06. The first-order valence-corrected chi connectivity index (χ1v) is 8.61. The molecule has 0 saturated carbocycles. The second kappa shape index (κ2) is 7.81. The van der Waals surface area contributed by atoms with Crippen LogP contribution in [0.15, 0.2) is 53.9 Å². The van der Waals surface area contributed by atoms with Gasteiger partial charge in [0.15, 0.2) is 11.7 Å². The Kier molecular flexibility index (Phi) is 5.30. The monoisotopic (exact) mass is 354 g/mol. The highest BCUT2D eigenvalue weighted by molar-refractivity contribution is 7.14. The Bertz CT molecular complexity index is 842. The van der Waals surface area contributed by atoms with Crippen molar-refractivity contribution in [3.63, 3.8) is 0 Å². The van der Waals surface area contributed by atoms with Crippen LogP contribution in [-0.2, 0) is 4.79 Å². The third-order valence-corrected chi connectivity index (χ3v) is 4.28. The van der Waals surface area contributed by atoms with E-state index in [4.69, 9.17) is 9.47 Å². The Morgan fingerprint density at radius 3 is 2.44 bits per heavy atom. The predicted octanol–water partition coefficient (Wildman–Crippen LogP) is 4.14. The van der Waals surface area contributed by atoms with E-state index in [1.807, 2.05) is 60.8 Å². The number of ether oxygens (including phenoxy) is 2. The van der Waals surface area contributed by atoms with E-state index in [0.29, 0.717) is 10.9 Å². The molecule has 0 bridgehead atoms. The van der Waals surface area contributed by atoms with Gasteiger partial charge in [-0.3, -0.25) is 10.1 Å². The second-order valence-electron chi connectivity index (χ2n) is 5.42. The molecular formula is C19H18N2O3S. The zero-order chi connectivity index (χ0) is 17.6. The number of nitrogens with one attached hydrogen (secondary N) is 1. The maximum absolute atomic E-state index is 12.0. The number of nitrogens with zero attached hydrogens (tertiary/aromatic N) is 1. The van der Waals surface area contributed by atoms with Gasteiger partial charge in [-0.15, -0.1) is 11.3 Å². The van der Waals surface area contributed by atoms with Crippen LogP contribution in [-0.4, -0.2) is 24.6 Å². The number of aryl methyl sites for hydroxylation is 1. The van der Waals surface area contributed by atoms with Gasteiger partial charge < -0.3 is 9.47 Å². The lowest BCUT2D eigenvalue weighted by atomic mass is 10.2. The van der Waals surface area contributed by atoms with Crippen LogP contribution in [0.2, 0.25) is 0 Å². The molecule has 6 heteroatoms. The molecule has 0 aliphatic heterocycles. The van der Waals surface area contributed by atoms with Gasteiger partial charge in [-0.05, 0) is 43.3 Å². The summed E-state index contributed by atoms with van der Waals surface area (Å²) in [6, 6.07) is 15.2. The van der Waals surface area contributed by atoms with Crippen molar-refractivity contribution in [2.75, 3.05) is 19.0 Å². The number of thiazole rings is 1. The minimum atomic E-state index is -0.240. The highest BCUT2D eigenvalue weighted by atomic mass is 32.1. The minimum absolute atomic E-state index is 0.0550. The fraction of sp³-hybridized carbons (Fsp3) is 0.158. The van der Waals surface area contributed by atoms with E-state index in [9.17, 15) is 4.79 Å². The van der Waals surface area contributed by atoms with E-state index < -0.39 is 0 Å². The lowest BCUT2D eigenvalue weighted by molar-refractivity contribution is -0.118. The third kappa shape index (κ3) is 4.58. The summed E-state index contributed by atoms with van der Waals surface area (Å²) in [6.07, 6.45) is 0. The number of aromatic nitrogens is 1. The number of carbonyl (C=O) groups is 1. The largest absolute Gasteiger partial charge is 0.497 e. The van der Waals surface area contributed by atoms with E-state index in [1.54, 1.807) is 7.11 Å². The average Bonchev–Trinajstić information content (AvgIpc) is 3.10. The molecule has 1 amide bonds. The number of amides is 1. The first-order chi connectivity index (χ1) is 12.1. The average molecular weight is 354 g/mol. The zero-order valence-corrected chi connectivity index (χ0v) is 14.8. The Labute approximate surface area is 150 Å². The van der Waals surface area contributed by atoms with Crippen molar-refractivity contribution in [2.45, 2.75) is 6.92 Å². The van der Waals surface area contributed by atoms with E-state index >= 15 is 0 Å². The Morgan fingerprint density at radius 2 is 1.76 bits per heavy atom. The van der Waals surface area contributed by atoms with Gasteiger partial charge in [-0.1, -0.05) is 17.7 Å². The SMILES string of the molecule is COc1ccc(-c2csc(NC(=O)COc3ccc(C)cc3)n2)cc1. The zero-order valence-electron chi connectivity index (χ0n) is 14.0. The highest BCUT2D eigenvalue weighted by Crippen LogP contribution is 2.26. The molecule has 3 aromatic rings. The number of rotatable bonds is 6. The van der Waals surface area contributed by atoms with Gasteiger partial charge in [0.1, 0.15) is 11.5 Å². The number of carbonyl (C=O) groups excluding carboxylic acids is 1. The maximum Gasteiger partial charge on any atom is 0.264 e. The summed E-state index contributed by atoms with van der Waals surface area (Å²) in [5.41, 5.74) is 2.92. The standard InChI is InChI=1S/C19H18N2O3S/c1-13-3-7-16(8-4-13)24-11-18(22)21-19-20-17(12-25-19)14-5-9-15(23-2)10-6-14/h3-10,12H,11H2,1-2H3,(H,20,21,22). The van der Waals surface area contributed by atoms with E-state index in [2.05, 4.69) is 10.3 Å². The Hall–Kier alpha value is -2.86. The molecule has 0 unspecified atom stereocenters. The smallest absolute Gasteiger partial charge is 0.264 e. The number of anilines is 1. The quantitative estimate of drug-likeness (QED) is 0.722. The number of methoxy groups -OCH3 is 1. The molecule has 0 spiro atoms. The Morgan fingerprint density at radius 1 is 1.08 bits per heavy atom. The highest BCUT2D eigenvalue weighted by Gasteiger charge is 2.09. The molecule has 0 aliphatic carbocycles. The normalized spacial score (nSPS) is 10.3. The van der Waals surface area contributed by atoms with Crippen molar-refractivity contribution < 1.29 is 14.3 Å². The van der Waals surface area contributed by atoms with Crippen LogP contribution >= 0.6 is 11.3 Å². The topological polar surface area (TPSA) is 60.5 Å². The van der Waals surface area contributed by atoms with Crippen LogP contribution < -0.4 is 14.8 Å². The van der Waals surface area contributed by atoms with Crippen molar-refractivity contribution in [3.8, 4) is 22.8 Å². The van der Waals surface area contributed by atoms with E-state index in [1.165, 1.54) is 11.3 Å². The minimum Gasteiger partial charge on any atom is -0.497 e. The molecule has 25 heavy (non-hydrogen) atoms. The molecule has 1 aromatic heterocycles. The third-order valence-electron chi connectivity index (χ3n) is 3.53. The van der Waals surface area contributed by atoms with Crippen LogP contribution in [0.1, 0.15) is 5.56 Å². The predicted molar refractivity (Wildman–Crippen MR) is 99.4 cm³/mol. The first kappa shape index (κ1) is 17.0. The van der Waals surface area contributed by atoms with Crippen LogP contribution in [0.25, 0.3) is 11.3 Å². The van der Waals surface area contributed by atoms with Crippen molar-refractivity contribution in [3.05, 3.63) is 59.5 Å². The van der Waals surface area contributed by atoms with E-state index in [0.717, 1.165) is 22.6 Å². The van der Waals surface area contributed by atoms with Crippen LogP contribution in [0.3, 0.4) is 0 Å². The maximum atomic E-state index is 12.0. The molecule has 0 aliphatic rings. The van der Waals surface area contributed by atoms with Gasteiger partial charge in [0.2, 0.25) is 0 Å². The molecule has 1 heterocycles. The summed E-state index contributed by atoms with van der Waals surface area (Å²) in [5, 5.41) is 5.20. The number of benzene rings is 2. The molecule has 5 nitrogen and oxygen atoms in total. The summed E-state index contributed by atoms with van der Waals surface area (Å²) < 4.78 is 10.6.